The number of fused-ring (bicyclic) bond motifs is 1. The molecule has 0 bridgehead atoms. The molecule has 6 nitrogen and oxygen atoms in total. The minimum Gasteiger partial charge on any atom is -0.342 e. The highest BCUT2D eigenvalue weighted by molar-refractivity contribution is 5.97. The molecule has 2 aliphatic heterocycles. The van der Waals surface area contributed by atoms with Crippen molar-refractivity contribution in [2.24, 2.45) is 5.92 Å². The van der Waals surface area contributed by atoms with E-state index in [9.17, 15) is 4.79 Å². The van der Waals surface area contributed by atoms with E-state index in [0.29, 0.717) is 5.92 Å². The number of H-pyrrole nitrogens is 1. The van der Waals surface area contributed by atoms with Crippen LogP contribution >= 0.6 is 0 Å². The molecule has 2 fully saturated rings. The van der Waals surface area contributed by atoms with E-state index in [1.54, 1.807) is 0 Å². The van der Waals surface area contributed by atoms with Crippen LogP contribution in [0.3, 0.4) is 0 Å². The van der Waals surface area contributed by atoms with Crippen LogP contribution in [0.25, 0.3) is 11.0 Å². The summed E-state index contributed by atoms with van der Waals surface area (Å²) < 4.78 is 0. The predicted octanol–water partition coefficient (Wildman–Crippen LogP) is 3.14. The maximum Gasteiger partial charge on any atom is 0.253 e. The number of nitrogens with one attached hydrogen (secondary N) is 1. The maximum absolute atomic E-state index is 13.1. The van der Waals surface area contributed by atoms with Crippen molar-refractivity contribution in [2.45, 2.75) is 45.6 Å². The molecule has 29 heavy (non-hydrogen) atoms. The standard InChI is InChI=1S/C23H35N5O/c1-4-27(23(29)19-5-6-21-22(15-19)25-17(2)24-21)16-18-7-13-28(14-8-18)20-9-11-26(3)12-10-20/h5-6,15,18,20H,4,7-14,16H2,1-3H3,(H,24,25). The van der Waals surface area contributed by atoms with Crippen molar-refractivity contribution < 1.29 is 4.79 Å². The lowest BCUT2D eigenvalue weighted by atomic mass is 9.93. The van der Waals surface area contributed by atoms with E-state index in [4.69, 9.17) is 0 Å². The summed E-state index contributed by atoms with van der Waals surface area (Å²) in [5, 5.41) is 0. The number of carbonyl (C=O) groups is 1. The van der Waals surface area contributed by atoms with Crippen molar-refractivity contribution in [1.82, 2.24) is 24.7 Å². The number of imidazole rings is 1. The van der Waals surface area contributed by atoms with Gasteiger partial charge in [-0.3, -0.25) is 4.79 Å². The summed E-state index contributed by atoms with van der Waals surface area (Å²) in [6.07, 6.45) is 5.01. The van der Waals surface area contributed by atoms with Crippen LogP contribution in [0.5, 0.6) is 0 Å². The van der Waals surface area contributed by atoms with Crippen molar-refractivity contribution in [3.05, 3.63) is 29.6 Å². The summed E-state index contributed by atoms with van der Waals surface area (Å²) in [6, 6.07) is 6.57. The number of benzene rings is 1. The molecule has 0 spiro atoms. The molecule has 0 radical (unpaired) electrons. The van der Waals surface area contributed by atoms with Gasteiger partial charge in [0, 0.05) is 24.7 Å². The van der Waals surface area contributed by atoms with Gasteiger partial charge in [-0.2, -0.15) is 0 Å². The highest BCUT2D eigenvalue weighted by Crippen LogP contribution is 2.25. The molecule has 1 aromatic heterocycles. The van der Waals surface area contributed by atoms with Crippen LogP contribution in [0, 0.1) is 12.8 Å². The molecular formula is C23H35N5O. The Morgan fingerprint density at radius 3 is 2.59 bits per heavy atom. The molecular weight excluding hydrogens is 362 g/mol. The SMILES string of the molecule is CCN(CC1CCN(C2CCN(C)CC2)CC1)C(=O)c1ccc2nc(C)[nH]c2c1. The Morgan fingerprint density at radius 2 is 1.90 bits per heavy atom. The Hall–Kier alpha value is -1.92. The van der Waals surface area contributed by atoms with Crippen molar-refractivity contribution in [1.29, 1.82) is 0 Å². The van der Waals surface area contributed by atoms with Gasteiger partial charge < -0.3 is 19.7 Å². The molecule has 0 atom stereocenters. The van der Waals surface area contributed by atoms with Gasteiger partial charge in [-0.15, -0.1) is 0 Å². The Balaban J connectivity index is 1.33. The number of rotatable bonds is 5. The average Bonchev–Trinajstić information content (AvgIpc) is 3.12. The third kappa shape index (κ3) is 4.64. The first-order valence-electron chi connectivity index (χ1n) is 11.2. The van der Waals surface area contributed by atoms with Crippen LogP contribution in [0.4, 0.5) is 0 Å². The highest BCUT2D eigenvalue weighted by Gasteiger charge is 2.29. The number of hydrogen-bond donors (Lipinski definition) is 1. The molecule has 1 amide bonds. The number of amides is 1. The second-order valence-corrected chi connectivity index (χ2v) is 8.91. The minimum absolute atomic E-state index is 0.138. The van der Waals surface area contributed by atoms with Crippen LogP contribution in [-0.2, 0) is 0 Å². The van der Waals surface area contributed by atoms with Gasteiger partial charge in [0.15, 0.2) is 0 Å². The first kappa shape index (κ1) is 20.4. The van der Waals surface area contributed by atoms with E-state index < -0.39 is 0 Å². The first-order valence-corrected chi connectivity index (χ1v) is 11.2. The summed E-state index contributed by atoms with van der Waals surface area (Å²) in [7, 11) is 2.23. The number of piperidine rings is 2. The molecule has 0 unspecified atom stereocenters. The smallest absolute Gasteiger partial charge is 0.253 e. The summed E-state index contributed by atoms with van der Waals surface area (Å²) in [4.78, 5) is 28.0. The topological polar surface area (TPSA) is 55.5 Å². The minimum atomic E-state index is 0.138. The first-order chi connectivity index (χ1) is 14.0. The van der Waals surface area contributed by atoms with Crippen LogP contribution in [0.15, 0.2) is 18.2 Å². The average molecular weight is 398 g/mol. The van der Waals surface area contributed by atoms with E-state index in [2.05, 4.69) is 33.7 Å². The Morgan fingerprint density at radius 1 is 1.17 bits per heavy atom. The number of hydrogen-bond acceptors (Lipinski definition) is 4. The molecule has 2 saturated heterocycles. The van der Waals surface area contributed by atoms with Gasteiger partial charge >= 0.3 is 0 Å². The lowest BCUT2D eigenvalue weighted by molar-refractivity contribution is 0.0611. The summed E-state index contributed by atoms with van der Waals surface area (Å²) in [6.45, 7) is 10.5. The third-order valence-corrected chi connectivity index (χ3v) is 6.85. The van der Waals surface area contributed by atoms with Crippen molar-refractivity contribution in [3.63, 3.8) is 0 Å². The molecule has 2 aliphatic rings. The summed E-state index contributed by atoms with van der Waals surface area (Å²) >= 11 is 0. The number of aryl methyl sites for hydroxylation is 1. The van der Waals surface area contributed by atoms with Gasteiger partial charge in [-0.25, -0.2) is 4.98 Å². The van der Waals surface area contributed by atoms with Crippen LogP contribution in [-0.4, -0.2) is 82.9 Å². The zero-order chi connectivity index (χ0) is 20.4. The molecule has 1 aromatic carbocycles. The zero-order valence-electron chi connectivity index (χ0n) is 18.2. The fourth-order valence-electron chi connectivity index (χ4n) is 4.98. The molecule has 0 saturated carbocycles. The fourth-order valence-corrected chi connectivity index (χ4v) is 4.98. The number of aromatic amines is 1. The predicted molar refractivity (Wildman–Crippen MR) is 117 cm³/mol. The number of aromatic nitrogens is 2. The van der Waals surface area contributed by atoms with Gasteiger partial charge in [0.2, 0.25) is 0 Å². The van der Waals surface area contributed by atoms with E-state index in [0.717, 1.165) is 41.6 Å². The normalized spacial score (nSPS) is 20.4. The molecule has 3 heterocycles. The fraction of sp³-hybridized carbons (Fsp3) is 0.652. The Kier molecular flexibility index (Phi) is 6.20. The second-order valence-electron chi connectivity index (χ2n) is 8.91. The van der Waals surface area contributed by atoms with Gasteiger partial charge in [0.05, 0.1) is 11.0 Å². The molecule has 1 N–H and O–H groups in total. The van der Waals surface area contributed by atoms with Crippen molar-refractivity contribution >= 4 is 16.9 Å². The van der Waals surface area contributed by atoms with E-state index in [1.165, 1.54) is 51.9 Å². The molecule has 4 rings (SSSR count). The maximum atomic E-state index is 13.1. The van der Waals surface area contributed by atoms with Crippen LogP contribution in [0.2, 0.25) is 0 Å². The van der Waals surface area contributed by atoms with Gasteiger partial charge in [-0.1, -0.05) is 0 Å². The lowest BCUT2D eigenvalue weighted by Crippen LogP contribution is -2.48. The molecule has 2 aromatic rings. The summed E-state index contributed by atoms with van der Waals surface area (Å²) in [5.74, 6) is 1.63. The van der Waals surface area contributed by atoms with Gasteiger partial charge in [0.25, 0.3) is 5.91 Å². The monoisotopic (exact) mass is 397 g/mol. The third-order valence-electron chi connectivity index (χ3n) is 6.85. The number of carbonyl (C=O) groups excluding carboxylic acids is 1. The molecule has 158 valence electrons. The molecule has 6 heteroatoms. The van der Waals surface area contributed by atoms with E-state index in [-0.39, 0.29) is 5.91 Å². The molecule has 0 aliphatic carbocycles. The quantitative estimate of drug-likeness (QED) is 0.842. The summed E-state index contributed by atoms with van der Waals surface area (Å²) in [5.41, 5.74) is 2.62. The lowest BCUT2D eigenvalue weighted by Gasteiger charge is -2.41. The van der Waals surface area contributed by atoms with Crippen LogP contribution in [0.1, 0.15) is 48.8 Å². The van der Waals surface area contributed by atoms with Crippen molar-refractivity contribution in [3.8, 4) is 0 Å². The number of likely N-dealkylation sites (tertiary alicyclic amines) is 2. The van der Waals surface area contributed by atoms with E-state index >= 15 is 0 Å². The Bertz CT molecular complexity index is 831. The number of nitrogens with zero attached hydrogens (tertiary/aromatic N) is 4. The highest BCUT2D eigenvalue weighted by atomic mass is 16.2. The second kappa shape index (κ2) is 8.84. The van der Waals surface area contributed by atoms with Crippen LogP contribution < -0.4 is 0 Å². The largest absolute Gasteiger partial charge is 0.342 e. The van der Waals surface area contributed by atoms with E-state index in [1.807, 2.05) is 30.0 Å². The van der Waals surface area contributed by atoms with Crippen molar-refractivity contribution in [2.75, 3.05) is 46.3 Å². The van der Waals surface area contributed by atoms with Gasteiger partial charge in [0.1, 0.15) is 5.82 Å². The Labute approximate surface area is 174 Å². The van der Waals surface area contributed by atoms with Gasteiger partial charge in [-0.05, 0) is 96.9 Å². The zero-order valence-corrected chi connectivity index (χ0v) is 18.2.